The molecule has 1 N–H and O–H groups in total. The second kappa shape index (κ2) is 7.30. The quantitative estimate of drug-likeness (QED) is 0.689. The molecule has 1 saturated carbocycles. The predicted molar refractivity (Wildman–Crippen MR) is 113 cm³/mol. The first-order chi connectivity index (χ1) is 14.2. The average Bonchev–Trinajstić information content (AvgIpc) is 3.26. The number of hydrogen-bond acceptors (Lipinski definition) is 4. The summed E-state index contributed by atoms with van der Waals surface area (Å²) in [5.41, 5.74) is 3.47. The maximum atomic E-state index is 13.5. The summed E-state index contributed by atoms with van der Waals surface area (Å²) in [4.78, 5) is 15.9. The van der Waals surface area contributed by atoms with Gasteiger partial charge < -0.3 is 14.7 Å². The van der Waals surface area contributed by atoms with Gasteiger partial charge in [-0.05, 0) is 69.0 Å². The number of benzene rings is 2. The monoisotopic (exact) mass is 389 g/mol. The summed E-state index contributed by atoms with van der Waals surface area (Å²) in [5, 5.41) is 8.45. The van der Waals surface area contributed by atoms with Crippen molar-refractivity contribution in [2.45, 2.75) is 44.1 Å². The van der Waals surface area contributed by atoms with Gasteiger partial charge in [-0.15, -0.1) is 0 Å². The van der Waals surface area contributed by atoms with Gasteiger partial charge in [0.2, 0.25) is 5.91 Å². The molecule has 1 aliphatic carbocycles. The normalized spacial score (nSPS) is 19.3. The van der Waals surface area contributed by atoms with E-state index in [9.17, 15) is 4.79 Å². The van der Waals surface area contributed by atoms with Crippen molar-refractivity contribution in [1.29, 1.82) is 0 Å². The van der Waals surface area contributed by atoms with Crippen LogP contribution in [0.2, 0.25) is 0 Å². The molecule has 1 aliphatic heterocycles. The maximum Gasteiger partial charge on any atom is 0.231 e. The van der Waals surface area contributed by atoms with Crippen LogP contribution < -0.4 is 5.32 Å². The van der Waals surface area contributed by atoms with E-state index >= 15 is 0 Å². The molecule has 3 aromatic rings. The number of hydrogen-bond donors (Lipinski definition) is 1. The highest BCUT2D eigenvalue weighted by Crippen LogP contribution is 2.49. The SMILES string of the molecule is Cc1noc2ccc(C3(C(=O)NC(CN4CCCC4)c4ccccc4)CC3)cc12. The Morgan fingerprint density at radius 2 is 1.93 bits per heavy atom. The van der Waals surface area contributed by atoms with Gasteiger partial charge in [-0.2, -0.15) is 0 Å². The minimum Gasteiger partial charge on any atom is -0.356 e. The molecule has 2 aliphatic rings. The van der Waals surface area contributed by atoms with Crippen LogP contribution in [0.15, 0.2) is 53.1 Å². The zero-order chi connectivity index (χ0) is 19.8. The van der Waals surface area contributed by atoms with Gasteiger partial charge in [0.25, 0.3) is 0 Å². The van der Waals surface area contributed by atoms with E-state index in [1.165, 1.54) is 18.4 Å². The van der Waals surface area contributed by atoms with Crippen molar-refractivity contribution < 1.29 is 9.32 Å². The van der Waals surface area contributed by atoms with E-state index < -0.39 is 5.41 Å². The number of aryl methyl sites for hydroxylation is 1. The second-order valence-corrected chi connectivity index (χ2v) is 8.51. The smallest absolute Gasteiger partial charge is 0.231 e. The lowest BCUT2D eigenvalue weighted by molar-refractivity contribution is -0.124. The van der Waals surface area contributed by atoms with Crippen LogP contribution in [0.1, 0.15) is 48.5 Å². The van der Waals surface area contributed by atoms with Gasteiger partial charge in [0, 0.05) is 11.9 Å². The van der Waals surface area contributed by atoms with Crippen LogP contribution in [0.3, 0.4) is 0 Å². The molecule has 0 bridgehead atoms. The fourth-order valence-corrected chi connectivity index (χ4v) is 4.57. The lowest BCUT2D eigenvalue weighted by Gasteiger charge is -2.27. The van der Waals surface area contributed by atoms with Gasteiger partial charge in [-0.3, -0.25) is 4.79 Å². The van der Waals surface area contributed by atoms with Crippen molar-refractivity contribution in [1.82, 2.24) is 15.4 Å². The topological polar surface area (TPSA) is 58.4 Å². The first-order valence-corrected chi connectivity index (χ1v) is 10.6. The van der Waals surface area contributed by atoms with Crippen molar-refractivity contribution in [3.8, 4) is 0 Å². The molecular weight excluding hydrogens is 362 g/mol. The Morgan fingerprint density at radius 3 is 2.66 bits per heavy atom. The van der Waals surface area contributed by atoms with Crippen LogP contribution in [-0.2, 0) is 10.2 Å². The molecule has 1 amide bonds. The fourth-order valence-electron chi connectivity index (χ4n) is 4.57. The second-order valence-electron chi connectivity index (χ2n) is 8.51. The maximum absolute atomic E-state index is 13.5. The van der Waals surface area contributed by atoms with Gasteiger partial charge in [0.1, 0.15) is 0 Å². The first-order valence-electron chi connectivity index (χ1n) is 10.6. The minimum atomic E-state index is -0.421. The molecule has 29 heavy (non-hydrogen) atoms. The third-order valence-electron chi connectivity index (χ3n) is 6.53. The van der Waals surface area contributed by atoms with Gasteiger partial charge >= 0.3 is 0 Å². The Labute approximate surface area is 171 Å². The number of nitrogens with one attached hydrogen (secondary N) is 1. The third-order valence-corrected chi connectivity index (χ3v) is 6.53. The molecule has 2 heterocycles. The first kappa shape index (κ1) is 18.4. The van der Waals surface area contributed by atoms with E-state index in [2.05, 4.69) is 33.6 Å². The van der Waals surface area contributed by atoms with Gasteiger partial charge in [0.05, 0.1) is 17.2 Å². The highest BCUT2D eigenvalue weighted by Gasteiger charge is 2.51. The zero-order valence-corrected chi connectivity index (χ0v) is 16.9. The number of fused-ring (bicyclic) bond motifs is 1. The number of carbonyl (C=O) groups is 1. The summed E-state index contributed by atoms with van der Waals surface area (Å²) < 4.78 is 5.34. The molecule has 1 aromatic heterocycles. The number of amides is 1. The average molecular weight is 389 g/mol. The lowest BCUT2D eigenvalue weighted by atomic mass is 9.92. The third kappa shape index (κ3) is 3.44. The summed E-state index contributed by atoms with van der Waals surface area (Å²) in [5.74, 6) is 0.138. The molecule has 0 radical (unpaired) electrons. The number of aromatic nitrogens is 1. The molecule has 2 fully saturated rings. The molecule has 5 rings (SSSR count). The molecule has 5 nitrogen and oxygen atoms in total. The largest absolute Gasteiger partial charge is 0.356 e. The van der Waals surface area contributed by atoms with Gasteiger partial charge in [-0.1, -0.05) is 41.6 Å². The lowest BCUT2D eigenvalue weighted by Crippen LogP contribution is -2.41. The van der Waals surface area contributed by atoms with Crippen molar-refractivity contribution in [3.05, 3.63) is 65.4 Å². The molecule has 5 heteroatoms. The fraction of sp³-hybridized carbons (Fsp3) is 0.417. The number of nitrogens with zero attached hydrogens (tertiary/aromatic N) is 2. The van der Waals surface area contributed by atoms with E-state index in [-0.39, 0.29) is 11.9 Å². The van der Waals surface area contributed by atoms with E-state index in [4.69, 9.17) is 4.52 Å². The minimum absolute atomic E-state index is 0.0142. The summed E-state index contributed by atoms with van der Waals surface area (Å²) in [6.07, 6.45) is 4.27. The van der Waals surface area contributed by atoms with Gasteiger partial charge in [-0.25, -0.2) is 0 Å². The van der Waals surface area contributed by atoms with Crippen LogP contribution in [-0.4, -0.2) is 35.6 Å². The highest BCUT2D eigenvalue weighted by molar-refractivity contribution is 5.93. The number of rotatable bonds is 6. The standard InChI is InChI=1S/C24H27N3O2/c1-17-20-15-19(9-10-22(20)29-26-17)24(11-12-24)23(28)25-21(16-27-13-5-6-14-27)18-7-3-2-4-8-18/h2-4,7-10,15,21H,5-6,11-14,16H2,1H3,(H,25,28). The molecule has 1 atom stereocenters. The molecular formula is C24H27N3O2. The van der Waals surface area contributed by atoms with E-state index in [1.807, 2.05) is 37.3 Å². The van der Waals surface area contributed by atoms with Crippen LogP contribution in [0.25, 0.3) is 11.0 Å². The van der Waals surface area contributed by atoms with Crippen molar-refractivity contribution in [2.75, 3.05) is 19.6 Å². The Kier molecular flexibility index (Phi) is 4.63. The predicted octanol–water partition coefficient (Wildman–Crippen LogP) is 4.12. The van der Waals surface area contributed by atoms with Crippen LogP contribution in [0, 0.1) is 6.92 Å². The summed E-state index contributed by atoms with van der Waals surface area (Å²) in [6.45, 7) is 5.05. The Balaban J connectivity index is 1.40. The Hall–Kier alpha value is -2.66. The van der Waals surface area contributed by atoms with E-state index in [1.54, 1.807) is 0 Å². The molecule has 1 unspecified atom stereocenters. The van der Waals surface area contributed by atoms with Crippen molar-refractivity contribution in [3.63, 3.8) is 0 Å². The zero-order valence-electron chi connectivity index (χ0n) is 16.9. The molecule has 1 saturated heterocycles. The number of likely N-dealkylation sites (tertiary alicyclic amines) is 1. The van der Waals surface area contributed by atoms with Crippen molar-refractivity contribution in [2.24, 2.45) is 0 Å². The summed E-state index contributed by atoms with van der Waals surface area (Å²) in [6, 6.07) is 16.4. The Morgan fingerprint density at radius 1 is 1.17 bits per heavy atom. The van der Waals surface area contributed by atoms with Crippen LogP contribution in [0.5, 0.6) is 0 Å². The van der Waals surface area contributed by atoms with E-state index in [0.29, 0.717) is 0 Å². The number of carbonyl (C=O) groups excluding carboxylic acids is 1. The van der Waals surface area contributed by atoms with E-state index in [0.717, 1.165) is 54.7 Å². The highest BCUT2D eigenvalue weighted by atomic mass is 16.5. The summed E-state index contributed by atoms with van der Waals surface area (Å²) in [7, 11) is 0. The molecule has 0 spiro atoms. The van der Waals surface area contributed by atoms with Gasteiger partial charge in [0.15, 0.2) is 5.58 Å². The molecule has 2 aromatic carbocycles. The summed E-state index contributed by atoms with van der Waals surface area (Å²) >= 11 is 0. The van der Waals surface area contributed by atoms with Crippen LogP contribution >= 0.6 is 0 Å². The molecule has 150 valence electrons. The van der Waals surface area contributed by atoms with Crippen molar-refractivity contribution >= 4 is 16.9 Å². The van der Waals surface area contributed by atoms with Crippen LogP contribution in [0.4, 0.5) is 0 Å². The Bertz CT molecular complexity index is 1020.